The van der Waals surface area contributed by atoms with Crippen molar-refractivity contribution in [2.24, 2.45) is 0 Å². The van der Waals surface area contributed by atoms with Crippen LogP contribution in [0.15, 0.2) is 0 Å². The lowest BCUT2D eigenvalue weighted by molar-refractivity contribution is -0.130. The van der Waals surface area contributed by atoms with Gasteiger partial charge in [0, 0.05) is 14.1 Å². The number of amides is 1. The van der Waals surface area contributed by atoms with Gasteiger partial charge in [-0.15, -0.1) is 0 Å². The monoisotopic (exact) mass is 167 g/mol. The minimum absolute atomic E-state index is 0.326. The van der Waals surface area contributed by atoms with Gasteiger partial charge in [0.1, 0.15) is 6.61 Å². The Morgan fingerprint density at radius 3 is 2.50 bits per heavy atom. The summed E-state index contributed by atoms with van der Waals surface area (Å²) in [6.45, 7) is -0.332. The van der Waals surface area contributed by atoms with Gasteiger partial charge in [0.25, 0.3) is 0 Å². The Labute approximate surface area is 59.5 Å². The molecule has 5 nitrogen and oxygen atoms in total. The molecule has 6 heteroatoms. The van der Waals surface area contributed by atoms with E-state index in [9.17, 15) is 9.36 Å². The molecule has 0 saturated heterocycles. The highest BCUT2D eigenvalue weighted by atomic mass is 31.1. The molecule has 0 rings (SSSR count). The van der Waals surface area contributed by atoms with Crippen molar-refractivity contribution in [2.45, 2.75) is 0 Å². The topological polar surface area (TPSA) is 66.8 Å². The molecule has 0 aromatic rings. The second kappa shape index (κ2) is 4.44. The minimum Gasteiger partial charge on any atom is -0.347 e. The summed E-state index contributed by atoms with van der Waals surface area (Å²) in [6, 6.07) is 0. The number of rotatable bonds is 3. The summed E-state index contributed by atoms with van der Waals surface area (Å²) >= 11 is 0. The lowest BCUT2D eigenvalue weighted by Gasteiger charge is -2.08. The van der Waals surface area contributed by atoms with Crippen molar-refractivity contribution < 1.29 is 18.8 Å². The molecule has 0 aliphatic carbocycles. The molecule has 0 radical (unpaired) electrons. The van der Waals surface area contributed by atoms with E-state index in [1.54, 1.807) is 14.1 Å². The van der Waals surface area contributed by atoms with Crippen molar-refractivity contribution in [1.29, 1.82) is 0 Å². The fourth-order valence-corrected chi connectivity index (χ4v) is 0.500. The smallest absolute Gasteiger partial charge is 0.317 e. The second-order valence-corrected chi connectivity index (χ2v) is 2.66. The SMILES string of the molecule is CN(C)C(=O)CO[PH](=O)O. The Morgan fingerprint density at radius 1 is 1.70 bits per heavy atom. The van der Waals surface area contributed by atoms with Gasteiger partial charge in [-0.2, -0.15) is 0 Å². The molecule has 0 aliphatic rings. The average Bonchev–Trinajstić information content (AvgIpc) is 1.82. The molecule has 0 aromatic heterocycles. The van der Waals surface area contributed by atoms with Gasteiger partial charge in [-0.3, -0.25) is 9.36 Å². The first-order chi connectivity index (χ1) is 4.54. The number of hydrogen-bond donors (Lipinski definition) is 1. The standard InChI is InChI=1S/C4H10NO4P/c1-5(2)4(6)3-9-10(7)8/h10H,3H2,1-2H3,(H,7,8). The van der Waals surface area contributed by atoms with Gasteiger partial charge in [0.2, 0.25) is 5.91 Å². The van der Waals surface area contributed by atoms with Gasteiger partial charge in [-0.25, -0.2) is 0 Å². The molecule has 1 atom stereocenters. The van der Waals surface area contributed by atoms with Gasteiger partial charge in [-0.1, -0.05) is 0 Å². The van der Waals surface area contributed by atoms with Gasteiger partial charge in [-0.05, 0) is 0 Å². The molecular weight excluding hydrogens is 157 g/mol. The van der Waals surface area contributed by atoms with Crippen LogP contribution in [0.5, 0.6) is 0 Å². The summed E-state index contributed by atoms with van der Waals surface area (Å²) in [4.78, 5) is 20.0. The van der Waals surface area contributed by atoms with Gasteiger partial charge in [0.05, 0.1) is 0 Å². The van der Waals surface area contributed by atoms with Crippen LogP contribution in [0.4, 0.5) is 0 Å². The largest absolute Gasteiger partial charge is 0.347 e. The Morgan fingerprint density at radius 2 is 2.20 bits per heavy atom. The zero-order valence-electron chi connectivity index (χ0n) is 5.83. The van der Waals surface area contributed by atoms with E-state index in [0.29, 0.717) is 0 Å². The van der Waals surface area contributed by atoms with Crippen LogP contribution < -0.4 is 0 Å². The molecule has 60 valence electrons. The average molecular weight is 167 g/mol. The normalized spacial score (nSPS) is 12.7. The molecular formula is C4H10NO4P. The van der Waals surface area contributed by atoms with Crippen LogP contribution in [0.25, 0.3) is 0 Å². The van der Waals surface area contributed by atoms with E-state index in [-0.39, 0.29) is 12.5 Å². The second-order valence-electron chi connectivity index (χ2n) is 1.84. The highest BCUT2D eigenvalue weighted by Crippen LogP contribution is 2.13. The fraction of sp³-hybridized carbons (Fsp3) is 0.750. The van der Waals surface area contributed by atoms with Crippen molar-refractivity contribution in [1.82, 2.24) is 4.90 Å². The Balaban J connectivity index is 3.50. The van der Waals surface area contributed by atoms with Crippen LogP contribution in [-0.2, 0) is 13.9 Å². The van der Waals surface area contributed by atoms with Crippen molar-refractivity contribution in [3.63, 3.8) is 0 Å². The molecule has 0 bridgehead atoms. The maximum Gasteiger partial charge on any atom is 0.317 e. The van der Waals surface area contributed by atoms with Gasteiger partial charge >= 0.3 is 8.25 Å². The maximum atomic E-state index is 10.6. The molecule has 0 aromatic carbocycles. The highest BCUT2D eigenvalue weighted by Gasteiger charge is 2.04. The third-order valence-electron chi connectivity index (χ3n) is 0.818. The quantitative estimate of drug-likeness (QED) is 0.574. The zero-order valence-corrected chi connectivity index (χ0v) is 6.83. The first kappa shape index (κ1) is 9.62. The Bertz CT molecular complexity index is 146. The van der Waals surface area contributed by atoms with E-state index in [1.165, 1.54) is 4.90 Å². The summed E-state index contributed by atoms with van der Waals surface area (Å²) in [7, 11) is 0.124. The lowest BCUT2D eigenvalue weighted by atomic mass is 10.6. The minimum atomic E-state index is -2.96. The van der Waals surface area contributed by atoms with Crippen LogP contribution in [0.3, 0.4) is 0 Å². The number of carbonyl (C=O) groups excluding carboxylic acids is 1. The Hall–Kier alpha value is -0.380. The van der Waals surface area contributed by atoms with Crippen LogP contribution in [0.2, 0.25) is 0 Å². The summed E-state index contributed by atoms with van der Waals surface area (Å²) in [5.41, 5.74) is 0. The number of carbonyl (C=O) groups is 1. The van der Waals surface area contributed by atoms with E-state index in [4.69, 9.17) is 4.89 Å². The summed E-state index contributed by atoms with van der Waals surface area (Å²) < 4.78 is 14.1. The molecule has 0 saturated carbocycles. The van der Waals surface area contributed by atoms with E-state index in [2.05, 4.69) is 4.52 Å². The van der Waals surface area contributed by atoms with E-state index in [0.717, 1.165) is 0 Å². The van der Waals surface area contributed by atoms with E-state index in [1.807, 2.05) is 0 Å². The molecule has 0 aliphatic heterocycles. The predicted octanol–water partition coefficient (Wildman–Crippen LogP) is -0.527. The van der Waals surface area contributed by atoms with Gasteiger partial charge < -0.3 is 14.3 Å². The van der Waals surface area contributed by atoms with Crippen molar-refractivity contribution in [3.05, 3.63) is 0 Å². The van der Waals surface area contributed by atoms with Crippen molar-refractivity contribution in [3.8, 4) is 0 Å². The molecule has 1 unspecified atom stereocenters. The van der Waals surface area contributed by atoms with Crippen molar-refractivity contribution >= 4 is 14.2 Å². The highest BCUT2D eigenvalue weighted by molar-refractivity contribution is 7.32. The summed E-state index contributed by atoms with van der Waals surface area (Å²) in [6.07, 6.45) is 0. The molecule has 0 spiro atoms. The third kappa shape index (κ3) is 4.49. The molecule has 1 N–H and O–H groups in total. The third-order valence-corrected chi connectivity index (χ3v) is 1.21. The molecule has 10 heavy (non-hydrogen) atoms. The van der Waals surface area contributed by atoms with Crippen LogP contribution in [0.1, 0.15) is 0 Å². The van der Waals surface area contributed by atoms with Crippen LogP contribution >= 0.6 is 8.25 Å². The lowest BCUT2D eigenvalue weighted by Crippen LogP contribution is -2.25. The number of nitrogens with zero attached hydrogens (tertiary/aromatic N) is 1. The number of likely N-dealkylation sites (N-methyl/N-ethyl adjacent to an activating group) is 1. The number of hydrogen-bond acceptors (Lipinski definition) is 3. The van der Waals surface area contributed by atoms with E-state index >= 15 is 0 Å². The first-order valence-electron chi connectivity index (χ1n) is 2.60. The van der Waals surface area contributed by atoms with Crippen LogP contribution in [0, 0.1) is 0 Å². The maximum absolute atomic E-state index is 10.6. The predicted molar refractivity (Wildman–Crippen MR) is 35.9 cm³/mol. The first-order valence-corrected chi connectivity index (χ1v) is 3.86. The summed E-state index contributed by atoms with van der Waals surface area (Å²) in [5, 5.41) is 0. The zero-order chi connectivity index (χ0) is 8.15. The molecule has 1 amide bonds. The summed E-state index contributed by atoms with van der Waals surface area (Å²) in [5.74, 6) is -0.326. The van der Waals surface area contributed by atoms with E-state index < -0.39 is 8.25 Å². The fourth-order valence-electron chi connectivity index (χ4n) is 0.253. The Kier molecular flexibility index (Phi) is 4.27. The molecule has 0 heterocycles. The van der Waals surface area contributed by atoms with Crippen LogP contribution in [-0.4, -0.2) is 36.4 Å². The van der Waals surface area contributed by atoms with Gasteiger partial charge in [0.15, 0.2) is 0 Å². The molecule has 0 fully saturated rings. The van der Waals surface area contributed by atoms with Crippen molar-refractivity contribution in [2.75, 3.05) is 20.7 Å².